The molecule has 3 N–H and O–H groups in total. The van der Waals surface area contributed by atoms with Gasteiger partial charge in [-0.25, -0.2) is 0 Å². The van der Waals surface area contributed by atoms with Gasteiger partial charge in [-0.2, -0.15) is 11.3 Å². The number of halogens is 1. The molecule has 0 bridgehead atoms. The third kappa shape index (κ3) is 2.51. The highest BCUT2D eigenvalue weighted by Crippen LogP contribution is 2.39. The summed E-state index contributed by atoms with van der Waals surface area (Å²) in [6, 6.07) is 0.168. The number of hydrogen-bond acceptors (Lipinski definition) is 4. The van der Waals surface area contributed by atoms with Crippen LogP contribution in [0.4, 0.5) is 0 Å². The Hall–Kier alpha value is 0.0600. The molecule has 0 aromatic carbocycles. The van der Waals surface area contributed by atoms with E-state index in [2.05, 4.69) is 50.9 Å². The molecule has 1 aliphatic heterocycles. The number of nitrogens with zero attached hydrogens (tertiary/aromatic N) is 1. The number of hydrogen-bond donors (Lipinski definition) is 2. The molecule has 102 valence electrons. The van der Waals surface area contributed by atoms with Crippen LogP contribution in [0, 0.1) is 0 Å². The maximum Gasteiger partial charge on any atom is 0.0660 e. The van der Waals surface area contributed by atoms with Gasteiger partial charge >= 0.3 is 0 Å². The standard InChI is InChI=1S/C13H22BrN3S/c1-3-13(2,17-6-4-5-7-17)12(16-15)10-8-18-9-11(10)14/h8-9,12,16H,3-7,15H2,1-2H3. The van der Waals surface area contributed by atoms with Gasteiger partial charge in [0.2, 0.25) is 0 Å². The monoisotopic (exact) mass is 331 g/mol. The van der Waals surface area contributed by atoms with Crippen LogP contribution in [0.3, 0.4) is 0 Å². The van der Waals surface area contributed by atoms with Gasteiger partial charge in [-0.05, 0) is 66.1 Å². The molecule has 0 amide bonds. The highest BCUT2D eigenvalue weighted by molar-refractivity contribution is 9.10. The molecule has 1 aromatic rings. The molecule has 2 rings (SSSR count). The van der Waals surface area contributed by atoms with Crippen molar-refractivity contribution in [2.75, 3.05) is 13.1 Å². The Labute approximate surface area is 122 Å². The number of thiophene rings is 1. The fourth-order valence-corrected chi connectivity index (χ4v) is 4.49. The van der Waals surface area contributed by atoms with E-state index in [1.54, 1.807) is 11.3 Å². The first-order valence-corrected chi connectivity index (χ1v) is 8.29. The van der Waals surface area contributed by atoms with Crippen LogP contribution < -0.4 is 11.3 Å². The highest BCUT2D eigenvalue weighted by Gasteiger charge is 2.40. The topological polar surface area (TPSA) is 41.3 Å². The van der Waals surface area contributed by atoms with E-state index in [0.29, 0.717) is 0 Å². The predicted octanol–water partition coefficient (Wildman–Crippen LogP) is 3.28. The Morgan fingerprint density at radius 1 is 1.50 bits per heavy atom. The van der Waals surface area contributed by atoms with Gasteiger partial charge in [0.25, 0.3) is 0 Å². The fraction of sp³-hybridized carbons (Fsp3) is 0.692. The molecule has 1 fully saturated rings. The Kier molecular flexibility index (Phi) is 4.83. The third-order valence-corrected chi connectivity index (χ3v) is 6.04. The zero-order chi connectivity index (χ0) is 13.2. The van der Waals surface area contributed by atoms with E-state index < -0.39 is 0 Å². The SMILES string of the molecule is CCC(C)(C(NN)c1cscc1Br)N1CCCC1. The van der Waals surface area contributed by atoms with Crippen molar-refractivity contribution in [1.29, 1.82) is 0 Å². The van der Waals surface area contributed by atoms with Crippen molar-refractivity contribution in [2.45, 2.75) is 44.7 Å². The van der Waals surface area contributed by atoms with Gasteiger partial charge in [0.05, 0.1) is 6.04 Å². The van der Waals surface area contributed by atoms with Crippen LogP contribution in [0.2, 0.25) is 0 Å². The zero-order valence-electron chi connectivity index (χ0n) is 11.1. The van der Waals surface area contributed by atoms with E-state index in [0.717, 1.165) is 10.9 Å². The number of nitrogens with two attached hydrogens (primary N) is 1. The second-order valence-electron chi connectivity index (χ2n) is 5.18. The molecule has 0 radical (unpaired) electrons. The first-order chi connectivity index (χ1) is 8.63. The lowest BCUT2D eigenvalue weighted by atomic mass is 9.84. The van der Waals surface area contributed by atoms with E-state index in [-0.39, 0.29) is 11.6 Å². The quantitative estimate of drug-likeness (QED) is 0.642. The third-order valence-electron chi connectivity index (χ3n) is 4.29. The molecule has 1 saturated heterocycles. The van der Waals surface area contributed by atoms with Crippen LogP contribution in [0.1, 0.15) is 44.7 Å². The largest absolute Gasteiger partial charge is 0.296 e. The van der Waals surface area contributed by atoms with Crippen LogP contribution in [0.15, 0.2) is 15.2 Å². The minimum atomic E-state index is 0.0782. The number of nitrogens with one attached hydrogen (secondary N) is 1. The summed E-state index contributed by atoms with van der Waals surface area (Å²) in [5.74, 6) is 5.87. The number of likely N-dealkylation sites (tertiary alicyclic amines) is 1. The minimum absolute atomic E-state index is 0.0782. The van der Waals surface area contributed by atoms with Crippen LogP contribution in [-0.4, -0.2) is 23.5 Å². The van der Waals surface area contributed by atoms with Crippen LogP contribution in [-0.2, 0) is 0 Å². The van der Waals surface area contributed by atoms with Crippen molar-refractivity contribution in [1.82, 2.24) is 10.3 Å². The average Bonchev–Trinajstić information content (AvgIpc) is 3.02. The first kappa shape index (κ1) is 14.5. The van der Waals surface area contributed by atoms with Gasteiger partial charge in [0, 0.05) is 15.4 Å². The van der Waals surface area contributed by atoms with Crippen molar-refractivity contribution >= 4 is 27.3 Å². The molecule has 1 aromatic heterocycles. The van der Waals surface area contributed by atoms with Gasteiger partial charge in [0.15, 0.2) is 0 Å². The fourth-order valence-electron chi connectivity index (χ4n) is 2.94. The number of rotatable bonds is 5. The molecule has 2 heterocycles. The van der Waals surface area contributed by atoms with Gasteiger partial charge in [-0.1, -0.05) is 6.92 Å². The van der Waals surface area contributed by atoms with Crippen molar-refractivity contribution in [3.8, 4) is 0 Å². The minimum Gasteiger partial charge on any atom is -0.296 e. The Morgan fingerprint density at radius 3 is 2.61 bits per heavy atom. The lowest BCUT2D eigenvalue weighted by molar-refractivity contribution is 0.0839. The molecular formula is C13H22BrN3S. The normalized spacial score (nSPS) is 22.0. The van der Waals surface area contributed by atoms with Gasteiger partial charge in [-0.15, -0.1) is 0 Å². The lowest BCUT2D eigenvalue weighted by Crippen LogP contribution is -2.54. The molecule has 2 unspecified atom stereocenters. The summed E-state index contributed by atoms with van der Waals surface area (Å²) in [5.41, 5.74) is 4.40. The second kappa shape index (κ2) is 6.01. The first-order valence-electron chi connectivity index (χ1n) is 6.56. The summed E-state index contributed by atoms with van der Waals surface area (Å²) in [7, 11) is 0. The second-order valence-corrected chi connectivity index (χ2v) is 6.78. The van der Waals surface area contributed by atoms with E-state index in [1.807, 2.05) is 0 Å². The summed E-state index contributed by atoms with van der Waals surface area (Å²) in [5, 5.41) is 4.32. The van der Waals surface area contributed by atoms with Crippen LogP contribution in [0.25, 0.3) is 0 Å². The van der Waals surface area contributed by atoms with E-state index >= 15 is 0 Å². The van der Waals surface area contributed by atoms with Crippen LogP contribution >= 0.6 is 27.3 Å². The molecule has 5 heteroatoms. The molecular weight excluding hydrogens is 310 g/mol. The van der Waals surface area contributed by atoms with Crippen LogP contribution in [0.5, 0.6) is 0 Å². The Bertz CT molecular complexity index is 389. The molecule has 18 heavy (non-hydrogen) atoms. The summed E-state index contributed by atoms with van der Waals surface area (Å²) in [4.78, 5) is 2.58. The average molecular weight is 332 g/mol. The molecule has 3 nitrogen and oxygen atoms in total. The smallest absolute Gasteiger partial charge is 0.0660 e. The van der Waals surface area contributed by atoms with E-state index in [4.69, 9.17) is 5.84 Å². The van der Waals surface area contributed by atoms with Crippen molar-refractivity contribution in [3.05, 3.63) is 20.8 Å². The van der Waals surface area contributed by atoms with E-state index in [1.165, 1.54) is 31.5 Å². The Balaban J connectivity index is 2.31. The van der Waals surface area contributed by atoms with Crippen molar-refractivity contribution in [3.63, 3.8) is 0 Å². The Morgan fingerprint density at radius 2 is 2.17 bits per heavy atom. The number of hydrazine groups is 1. The summed E-state index contributed by atoms with van der Waals surface area (Å²) >= 11 is 5.35. The van der Waals surface area contributed by atoms with Gasteiger partial charge in [0.1, 0.15) is 0 Å². The van der Waals surface area contributed by atoms with Crippen molar-refractivity contribution < 1.29 is 0 Å². The van der Waals surface area contributed by atoms with E-state index in [9.17, 15) is 0 Å². The van der Waals surface area contributed by atoms with Crippen molar-refractivity contribution in [2.24, 2.45) is 5.84 Å². The van der Waals surface area contributed by atoms with Gasteiger partial charge < -0.3 is 0 Å². The summed E-state index contributed by atoms with van der Waals surface area (Å²) in [6.07, 6.45) is 3.69. The molecule has 0 aliphatic carbocycles. The van der Waals surface area contributed by atoms with Gasteiger partial charge in [-0.3, -0.25) is 16.2 Å². The molecule has 2 atom stereocenters. The molecule has 0 saturated carbocycles. The molecule has 0 spiro atoms. The zero-order valence-corrected chi connectivity index (χ0v) is 13.5. The summed E-state index contributed by atoms with van der Waals surface area (Å²) < 4.78 is 1.16. The predicted molar refractivity (Wildman–Crippen MR) is 81.6 cm³/mol. The maximum atomic E-state index is 5.87. The maximum absolute atomic E-state index is 5.87. The highest BCUT2D eigenvalue weighted by atomic mass is 79.9. The summed E-state index contributed by atoms with van der Waals surface area (Å²) in [6.45, 7) is 6.95. The molecule has 1 aliphatic rings. The lowest BCUT2D eigenvalue weighted by Gasteiger charge is -2.44.